The van der Waals surface area contributed by atoms with Crippen LogP contribution in [0, 0.1) is 17.8 Å². The zero-order valence-electron chi connectivity index (χ0n) is 13.8. The lowest BCUT2D eigenvalue weighted by molar-refractivity contribution is -0.142. The van der Waals surface area contributed by atoms with Gasteiger partial charge in [-0.25, -0.2) is 4.79 Å². The van der Waals surface area contributed by atoms with Crippen LogP contribution in [0.4, 0.5) is 4.79 Å². The Hall–Kier alpha value is -1.26. The summed E-state index contributed by atoms with van der Waals surface area (Å²) in [5, 5.41) is 12.0. The highest BCUT2D eigenvalue weighted by Gasteiger charge is 2.26. The summed E-state index contributed by atoms with van der Waals surface area (Å²) >= 11 is 0. The number of carbonyl (C=O) groups is 2. The molecule has 3 unspecified atom stereocenters. The fourth-order valence-corrected chi connectivity index (χ4v) is 3.10. The van der Waals surface area contributed by atoms with E-state index in [1.165, 1.54) is 6.42 Å². The van der Waals surface area contributed by atoms with Gasteiger partial charge in [-0.2, -0.15) is 0 Å². The Morgan fingerprint density at radius 1 is 1.33 bits per heavy atom. The second-order valence-corrected chi connectivity index (χ2v) is 6.89. The third-order valence-corrected chi connectivity index (χ3v) is 4.38. The number of hydrogen-bond acceptors (Lipinski definition) is 2. The molecule has 2 amide bonds. The van der Waals surface area contributed by atoms with Crippen LogP contribution >= 0.6 is 0 Å². The van der Waals surface area contributed by atoms with E-state index in [2.05, 4.69) is 12.2 Å². The van der Waals surface area contributed by atoms with Crippen molar-refractivity contribution in [2.75, 3.05) is 13.6 Å². The molecule has 122 valence electrons. The van der Waals surface area contributed by atoms with Gasteiger partial charge in [0, 0.05) is 19.6 Å². The van der Waals surface area contributed by atoms with Crippen LogP contribution in [-0.2, 0) is 4.79 Å². The van der Waals surface area contributed by atoms with Gasteiger partial charge in [0.2, 0.25) is 0 Å². The lowest BCUT2D eigenvalue weighted by Crippen LogP contribution is -2.47. The number of nitrogens with one attached hydrogen (secondary N) is 1. The highest BCUT2D eigenvalue weighted by Crippen LogP contribution is 2.26. The molecule has 1 rings (SSSR count). The van der Waals surface area contributed by atoms with Gasteiger partial charge in [0.05, 0.1) is 5.92 Å². The van der Waals surface area contributed by atoms with E-state index >= 15 is 0 Å². The van der Waals surface area contributed by atoms with Crippen LogP contribution in [0.2, 0.25) is 0 Å². The van der Waals surface area contributed by atoms with Crippen LogP contribution in [0.5, 0.6) is 0 Å². The first-order valence-electron chi connectivity index (χ1n) is 8.04. The van der Waals surface area contributed by atoms with Gasteiger partial charge in [-0.15, -0.1) is 0 Å². The van der Waals surface area contributed by atoms with Crippen molar-refractivity contribution in [3.63, 3.8) is 0 Å². The van der Waals surface area contributed by atoms with Gasteiger partial charge in [-0.3, -0.25) is 4.79 Å². The van der Waals surface area contributed by atoms with E-state index in [0.29, 0.717) is 18.3 Å². The van der Waals surface area contributed by atoms with E-state index in [1.807, 2.05) is 20.9 Å². The molecule has 0 bridgehead atoms. The maximum absolute atomic E-state index is 12.2. The number of rotatable bonds is 6. The van der Waals surface area contributed by atoms with Gasteiger partial charge in [0.25, 0.3) is 0 Å². The molecular weight excluding hydrogens is 268 g/mol. The summed E-state index contributed by atoms with van der Waals surface area (Å²) in [6, 6.07) is 0.131. The molecule has 5 nitrogen and oxygen atoms in total. The Balaban J connectivity index is 2.45. The van der Waals surface area contributed by atoms with Crippen LogP contribution in [-0.4, -0.2) is 41.6 Å². The van der Waals surface area contributed by atoms with Crippen LogP contribution in [0.3, 0.4) is 0 Å². The molecule has 5 heteroatoms. The molecule has 1 fully saturated rings. The number of carboxylic acids is 1. The number of nitrogens with zero attached hydrogens (tertiary/aromatic N) is 1. The summed E-state index contributed by atoms with van der Waals surface area (Å²) < 4.78 is 0. The average molecular weight is 298 g/mol. The normalized spacial score (nSPS) is 23.7. The first-order chi connectivity index (χ1) is 9.81. The van der Waals surface area contributed by atoms with Crippen molar-refractivity contribution >= 4 is 12.0 Å². The molecule has 2 N–H and O–H groups in total. The number of aliphatic carboxylic acids is 1. The van der Waals surface area contributed by atoms with Crippen molar-refractivity contribution in [3.05, 3.63) is 0 Å². The number of urea groups is 1. The molecule has 0 radical (unpaired) electrons. The topological polar surface area (TPSA) is 69.6 Å². The molecule has 0 spiro atoms. The molecule has 0 aliphatic heterocycles. The first kappa shape index (κ1) is 17.8. The summed E-state index contributed by atoms with van der Waals surface area (Å²) in [4.78, 5) is 25.1. The third kappa shape index (κ3) is 5.94. The lowest BCUT2D eigenvalue weighted by atomic mass is 9.86. The average Bonchev–Trinajstić information content (AvgIpc) is 2.41. The van der Waals surface area contributed by atoms with Crippen molar-refractivity contribution in [3.8, 4) is 0 Å². The van der Waals surface area contributed by atoms with Gasteiger partial charge in [-0.05, 0) is 31.1 Å². The Morgan fingerprint density at radius 2 is 2.00 bits per heavy atom. The van der Waals surface area contributed by atoms with Crippen LogP contribution in [0.15, 0.2) is 0 Å². The monoisotopic (exact) mass is 298 g/mol. The fourth-order valence-electron chi connectivity index (χ4n) is 3.10. The Morgan fingerprint density at radius 3 is 2.52 bits per heavy atom. The third-order valence-electron chi connectivity index (χ3n) is 4.38. The highest BCUT2D eigenvalue weighted by atomic mass is 16.4. The number of hydrogen-bond donors (Lipinski definition) is 2. The standard InChI is InChI=1S/C16H30N2O3/c1-11(2)8-13(15(19)20)10-17-16(21)18(4)14-7-5-6-12(3)9-14/h11-14H,5-10H2,1-4H3,(H,17,21)(H,19,20). The first-order valence-corrected chi connectivity index (χ1v) is 8.04. The fraction of sp³-hybridized carbons (Fsp3) is 0.875. The van der Waals surface area contributed by atoms with Crippen molar-refractivity contribution in [2.45, 2.75) is 58.9 Å². The maximum Gasteiger partial charge on any atom is 0.317 e. The predicted molar refractivity (Wildman–Crippen MR) is 83.2 cm³/mol. The Kier molecular flexibility index (Phi) is 6.99. The minimum Gasteiger partial charge on any atom is -0.481 e. The molecule has 1 saturated carbocycles. The lowest BCUT2D eigenvalue weighted by Gasteiger charge is -2.34. The van der Waals surface area contributed by atoms with Gasteiger partial charge < -0.3 is 15.3 Å². The summed E-state index contributed by atoms with van der Waals surface area (Å²) in [5.41, 5.74) is 0. The van der Waals surface area contributed by atoms with Gasteiger partial charge in [0.1, 0.15) is 0 Å². The zero-order chi connectivity index (χ0) is 16.0. The van der Waals surface area contributed by atoms with Gasteiger partial charge >= 0.3 is 12.0 Å². The molecular formula is C16H30N2O3. The van der Waals surface area contributed by atoms with Crippen LogP contribution in [0.1, 0.15) is 52.9 Å². The number of carbonyl (C=O) groups excluding carboxylic acids is 1. The molecule has 0 aromatic heterocycles. The molecule has 0 heterocycles. The molecule has 0 aromatic rings. The summed E-state index contributed by atoms with van der Waals surface area (Å²) in [6.45, 7) is 6.42. The van der Waals surface area contributed by atoms with Crippen LogP contribution < -0.4 is 5.32 Å². The molecule has 21 heavy (non-hydrogen) atoms. The van der Waals surface area contributed by atoms with Gasteiger partial charge in [0.15, 0.2) is 0 Å². The van der Waals surface area contributed by atoms with E-state index in [0.717, 1.165) is 19.3 Å². The van der Waals surface area contributed by atoms with Crippen molar-refractivity contribution in [1.29, 1.82) is 0 Å². The summed E-state index contributed by atoms with van der Waals surface area (Å²) in [7, 11) is 1.82. The van der Waals surface area contributed by atoms with Crippen molar-refractivity contribution < 1.29 is 14.7 Å². The Bertz CT molecular complexity index is 357. The molecule has 1 aliphatic carbocycles. The molecule has 1 aliphatic rings. The second-order valence-electron chi connectivity index (χ2n) is 6.89. The Labute approximate surface area is 128 Å². The number of carboxylic acid groups (broad SMARTS) is 1. The van der Waals surface area contributed by atoms with Crippen molar-refractivity contribution in [1.82, 2.24) is 10.2 Å². The van der Waals surface area contributed by atoms with E-state index in [9.17, 15) is 14.7 Å². The molecule has 0 aromatic carbocycles. The summed E-state index contributed by atoms with van der Waals surface area (Å²) in [6.07, 6.45) is 5.07. The number of amides is 2. The highest BCUT2D eigenvalue weighted by molar-refractivity contribution is 5.76. The minimum atomic E-state index is -0.835. The SMILES string of the molecule is CC(C)CC(CNC(=O)N(C)C1CCCC(C)C1)C(=O)O. The largest absolute Gasteiger partial charge is 0.481 e. The smallest absolute Gasteiger partial charge is 0.317 e. The second kappa shape index (κ2) is 8.25. The van der Waals surface area contributed by atoms with E-state index < -0.39 is 11.9 Å². The minimum absolute atomic E-state index is 0.149. The quantitative estimate of drug-likeness (QED) is 0.792. The predicted octanol–water partition coefficient (Wildman–Crippen LogP) is 2.95. The van der Waals surface area contributed by atoms with E-state index in [1.54, 1.807) is 4.90 Å². The maximum atomic E-state index is 12.2. The molecule has 0 saturated heterocycles. The van der Waals surface area contributed by atoms with Crippen LogP contribution in [0.25, 0.3) is 0 Å². The van der Waals surface area contributed by atoms with Crippen molar-refractivity contribution in [2.24, 2.45) is 17.8 Å². The zero-order valence-corrected chi connectivity index (χ0v) is 13.8. The van der Waals surface area contributed by atoms with Gasteiger partial charge in [-0.1, -0.05) is 33.6 Å². The van der Waals surface area contributed by atoms with E-state index in [4.69, 9.17) is 0 Å². The van der Waals surface area contributed by atoms with E-state index in [-0.39, 0.29) is 18.6 Å². The summed E-state index contributed by atoms with van der Waals surface area (Å²) in [5.74, 6) is -0.378. The molecule has 3 atom stereocenters.